The van der Waals surface area contributed by atoms with Crippen molar-refractivity contribution in [2.24, 2.45) is 0 Å². The molecular weight excluding hydrogens is 336 g/mol. The fourth-order valence-corrected chi connectivity index (χ4v) is 2.18. The first kappa shape index (κ1) is 21.5. The average Bonchev–Trinajstić information content (AvgIpc) is 2.52. The molecule has 0 aliphatic carbocycles. The highest BCUT2D eigenvalue weighted by atomic mass is 16.6. The summed E-state index contributed by atoms with van der Waals surface area (Å²) in [5.41, 5.74) is 0.143. The fraction of sp³-hybridized carbons (Fsp3) is 0.526. The normalized spacial score (nSPS) is 11.0. The van der Waals surface area contributed by atoms with Gasteiger partial charge < -0.3 is 19.7 Å². The minimum Gasteiger partial charge on any atom is -0.455 e. The van der Waals surface area contributed by atoms with Gasteiger partial charge in [-0.1, -0.05) is 18.2 Å². The number of anilines is 1. The third-order valence-electron chi connectivity index (χ3n) is 3.17. The van der Waals surface area contributed by atoms with E-state index in [1.165, 1.54) is 0 Å². The van der Waals surface area contributed by atoms with Gasteiger partial charge in [-0.25, -0.2) is 4.79 Å². The van der Waals surface area contributed by atoms with Gasteiger partial charge in [0, 0.05) is 18.3 Å². The van der Waals surface area contributed by atoms with Gasteiger partial charge in [-0.2, -0.15) is 0 Å². The summed E-state index contributed by atoms with van der Waals surface area (Å²) in [5, 5.41) is 2.47. The van der Waals surface area contributed by atoms with E-state index in [1.807, 2.05) is 44.2 Å². The molecule has 26 heavy (non-hydrogen) atoms. The minimum atomic E-state index is -0.602. The lowest BCUT2D eigenvalue weighted by Crippen LogP contribution is -2.40. The number of amides is 2. The van der Waals surface area contributed by atoms with Gasteiger partial charge in [-0.3, -0.25) is 9.59 Å². The molecule has 144 valence electrons. The van der Waals surface area contributed by atoms with Crippen LogP contribution in [0.15, 0.2) is 30.3 Å². The van der Waals surface area contributed by atoms with Gasteiger partial charge in [0.1, 0.15) is 5.60 Å². The van der Waals surface area contributed by atoms with E-state index in [-0.39, 0.29) is 31.5 Å². The highest BCUT2D eigenvalue weighted by Crippen LogP contribution is 2.16. The summed E-state index contributed by atoms with van der Waals surface area (Å²) in [6, 6.07) is 9.12. The van der Waals surface area contributed by atoms with E-state index in [2.05, 4.69) is 5.32 Å². The number of ether oxygens (including phenoxy) is 2. The summed E-state index contributed by atoms with van der Waals surface area (Å²) in [6.45, 7) is 8.75. The second-order valence-corrected chi connectivity index (χ2v) is 7.03. The zero-order valence-corrected chi connectivity index (χ0v) is 16.1. The number of nitrogens with zero attached hydrogens (tertiary/aromatic N) is 1. The fourth-order valence-electron chi connectivity index (χ4n) is 2.18. The van der Waals surface area contributed by atoms with Crippen LogP contribution in [0.2, 0.25) is 0 Å². The number of esters is 1. The Morgan fingerprint density at radius 2 is 1.73 bits per heavy atom. The number of carbonyl (C=O) groups excluding carboxylic acids is 3. The third kappa shape index (κ3) is 8.00. The molecule has 1 N–H and O–H groups in total. The number of rotatable bonds is 7. The van der Waals surface area contributed by atoms with Crippen molar-refractivity contribution in [2.75, 3.05) is 18.1 Å². The van der Waals surface area contributed by atoms with Crippen molar-refractivity contribution in [3.63, 3.8) is 0 Å². The van der Waals surface area contributed by atoms with Gasteiger partial charge in [-0.05, 0) is 46.8 Å². The number of benzene rings is 1. The summed E-state index contributed by atoms with van der Waals surface area (Å²) in [4.78, 5) is 37.2. The van der Waals surface area contributed by atoms with E-state index in [0.29, 0.717) is 0 Å². The molecule has 1 aromatic carbocycles. The summed E-state index contributed by atoms with van der Waals surface area (Å²) < 4.78 is 10.1. The molecule has 0 atom stereocenters. The lowest BCUT2D eigenvalue weighted by molar-refractivity contribution is -0.147. The van der Waals surface area contributed by atoms with Gasteiger partial charge in [0.15, 0.2) is 6.61 Å². The molecule has 0 fully saturated rings. The zero-order chi connectivity index (χ0) is 19.7. The molecule has 1 rings (SSSR count). The molecule has 2 amide bonds. The van der Waals surface area contributed by atoms with Gasteiger partial charge >= 0.3 is 12.1 Å². The molecule has 0 aromatic heterocycles. The van der Waals surface area contributed by atoms with Crippen LogP contribution in [0, 0.1) is 0 Å². The Morgan fingerprint density at radius 3 is 2.27 bits per heavy atom. The van der Waals surface area contributed by atoms with E-state index in [0.717, 1.165) is 5.69 Å². The number of hydrogen-bond acceptors (Lipinski definition) is 5. The van der Waals surface area contributed by atoms with Crippen molar-refractivity contribution in [3.05, 3.63) is 30.3 Å². The smallest absolute Gasteiger partial charge is 0.407 e. The summed E-state index contributed by atoms with van der Waals surface area (Å²) >= 11 is 0. The van der Waals surface area contributed by atoms with Gasteiger partial charge in [0.05, 0.1) is 6.42 Å². The Morgan fingerprint density at radius 1 is 1.12 bits per heavy atom. The SMILES string of the molecule is CC(C)N(C(=O)COC(=O)CCNC(=O)OC(C)(C)C)c1ccccc1. The maximum atomic E-state index is 12.4. The van der Waals surface area contributed by atoms with Crippen LogP contribution in [0.4, 0.5) is 10.5 Å². The summed E-state index contributed by atoms with van der Waals surface area (Å²) in [5.74, 6) is -0.870. The summed E-state index contributed by atoms with van der Waals surface area (Å²) in [7, 11) is 0. The standard InChI is InChI=1S/C19H28N2O5/c1-14(2)21(15-9-7-6-8-10-15)16(22)13-25-17(23)11-12-20-18(24)26-19(3,4)5/h6-10,14H,11-13H2,1-5H3,(H,20,24). The molecule has 7 heteroatoms. The largest absolute Gasteiger partial charge is 0.455 e. The Bertz CT molecular complexity index is 608. The first-order valence-electron chi connectivity index (χ1n) is 8.59. The Kier molecular flexibility index (Phi) is 8.09. The minimum absolute atomic E-state index is 0.0421. The monoisotopic (exact) mass is 364 g/mol. The zero-order valence-electron chi connectivity index (χ0n) is 16.1. The molecule has 0 saturated heterocycles. The maximum absolute atomic E-state index is 12.4. The topological polar surface area (TPSA) is 84.9 Å². The molecule has 0 bridgehead atoms. The molecule has 0 heterocycles. The van der Waals surface area contributed by atoms with Crippen LogP contribution in [0.25, 0.3) is 0 Å². The van der Waals surface area contributed by atoms with Gasteiger partial charge in [0.25, 0.3) is 5.91 Å². The lowest BCUT2D eigenvalue weighted by atomic mass is 10.2. The number of nitrogens with one attached hydrogen (secondary N) is 1. The van der Waals surface area contributed by atoms with Crippen molar-refractivity contribution in [3.8, 4) is 0 Å². The van der Waals surface area contributed by atoms with Gasteiger partial charge in [0.2, 0.25) is 0 Å². The van der Waals surface area contributed by atoms with Crippen LogP contribution < -0.4 is 10.2 Å². The van der Waals surface area contributed by atoms with Crippen LogP contribution in [-0.4, -0.2) is 42.8 Å². The van der Waals surface area contributed by atoms with Crippen LogP contribution >= 0.6 is 0 Å². The molecule has 7 nitrogen and oxygen atoms in total. The predicted molar refractivity (Wildman–Crippen MR) is 98.9 cm³/mol. The second-order valence-electron chi connectivity index (χ2n) is 7.03. The highest BCUT2D eigenvalue weighted by Gasteiger charge is 2.20. The van der Waals surface area contributed by atoms with Crippen LogP contribution in [0.3, 0.4) is 0 Å². The van der Waals surface area contributed by atoms with Crippen molar-refractivity contribution < 1.29 is 23.9 Å². The van der Waals surface area contributed by atoms with Gasteiger partial charge in [-0.15, -0.1) is 0 Å². The second kappa shape index (κ2) is 9.79. The number of hydrogen-bond donors (Lipinski definition) is 1. The molecular formula is C19H28N2O5. The van der Waals surface area contributed by atoms with Crippen molar-refractivity contribution in [1.82, 2.24) is 5.32 Å². The summed E-state index contributed by atoms with van der Waals surface area (Å²) in [6.07, 6.45) is -0.643. The first-order valence-corrected chi connectivity index (χ1v) is 8.59. The lowest BCUT2D eigenvalue weighted by Gasteiger charge is -2.26. The Labute approximate surface area is 154 Å². The highest BCUT2D eigenvalue weighted by molar-refractivity contribution is 5.95. The van der Waals surface area contributed by atoms with E-state index in [9.17, 15) is 14.4 Å². The van der Waals surface area contributed by atoms with Crippen molar-refractivity contribution in [2.45, 2.75) is 52.7 Å². The van der Waals surface area contributed by atoms with E-state index in [4.69, 9.17) is 9.47 Å². The van der Waals surface area contributed by atoms with Crippen molar-refractivity contribution in [1.29, 1.82) is 0 Å². The van der Waals surface area contributed by atoms with Crippen molar-refractivity contribution >= 4 is 23.7 Å². The Hall–Kier alpha value is -2.57. The molecule has 0 aliphatic rings. The number of alkyl carbamates (subject to hydrolysis) is 1. The number of carbonyl (C=O) groups is 3. The quantitative estimate of drug-likeness (QED) is 0.752. The first-order chi connectivity index (χ1) is 12.1. The molecule has 0 unspecified atom stereocenters. The Balaban J connectivity index is 2.41. The van der Waals surface area contributed by atoms with Crippen LogP contribution in [-0.2, 0) is 19.1 Å². The van der Waals surface area contributed by atoms with E-state index >= 15 is 0 Å². The average molecular weight is 364 g/mol. The van der Waals surface area contributed by atoms with E-state index < -0.39 is 17.7 Å². The van der Waals surface area contributed by atoms with E-state index in [1.54, 1.807) is 25.7 Å². The van der Waals surface area contributed by atoms with Crippen LogP contribution in [0.1, 0.15) is 41.0 Å². The third-order valence-corrected chi connectivity index (χ3v) is 3.17. The molecule has 0 spiro atoms. The molecule has 1 aromatic rings. The predicted octanol–water partition coefficient (Wildman–Crippen LogP) is 2.89. The molecule has 0 aliphatic heterocycles. The van der Waals surface area contributed by atoms with Crippen LogP contribution in [0.5, 0.6) is 0 Å². The molecule has 0 radical (unpaired) electrons. The molecule has 0 saturated carbocycles. The number of para-hydroxylation sites is 1. The maximum Gasteiger partial charge on any atom is 0.407 e.